The molecule has 0 bridgehead atoms. The lowest BCUT2D eigenvalue weighted by molar-refractivity contribution is 0.603. The van der Waals surface area contributed by atoms with E-state index in [1.807, 2.05) is 11.4 Å². The molecule has 1 rings (SSSR count). The van der Waals surface area contributed by atoms with Gasteiger partial charge in [0.1, 0.15) is 0 Å². The first-order valence-electron chi connectivity index (χ1n) is 1.90. The number of rotatable bonds is 1. The van der Waals surface area contributed by atoms with E-state index < -0.39 is 0 Å². The topological polar surface area (TPSA) is 17.1 Å². The highest BCUT2D eigenvalue weighted by atomic mass is 127. The lowest BCUT2D eigenvalue weighted by Crippen LogP contribution is -1.78. The number of thiophene rings is 1. The minimum atomic E-state index is 0.126. The van der Waals surface area contributed by atoms with Crippen LogP contribution < -0.4 is 5.30 Å². The molecule has 0 amide bonds. The van der Waals surface area contributed by atoms with Crippen LogP contribution >= 0.6 is 42.4 Å². The molecule has 0 saturated heterocycles. The molecule has 1 aromatic heterocycles. The molecule has 0 aromatic carbocycles. The Hall–Kier alpha value is 0.530. The van der Waals surface area contributed by atoms with E-state index in [0.717, 1.165) is 5.30 Å². The van der Waals surface area contributed by atoms with E-state index in [9.17, 15) is 4.57 Å². The van der Waals surface area contributed by atoms with Gasteiger partial charge in [-0.3, -0.25) is 4.57 Å². The van der Waals surface area contributed by atoms with Gasteiger partial charge in [-0.2, -0.15) is 0 Å². The van der Waals surface area contributed by atoms with Crippen molar-refractivity contribution in [3.8, 4) is 0 Å². The van der Waals surface area contributed by atoms with E-state index in [1.165, 1.54) is 2.88 Å². The van der Waals surface area contributed by atoms with Crippen molar-refractivity contribution in [2.75, 3.05) is 0 Å². The summed E-state index contributed by atoms with van der Waals surface area (Å²) in [4.78, 5) is 0. The molecule has 0 spiro atoms. The first kappa shape index (κ1) is 6.65. The van der Waals surface area contributed by atoms with Crippen LogP contribution in [0.3, 0.4) is 0 Å². The van der Waals surface area contributed by atoms with Crippen LogP contribution in [0, 0.1) is 2.88 Å². The second kappa shape index (κ2) is 2.90. The van der Waals surface area contributed by atoms with Gasteiger partial charge in [-0.25, -0.2) is 0 Å². The van der Waals surface area contributed by atoms with Gasteiger partial charge < -0.3 is 0 Å². The Labute approximate surface area is 66.5 Å². The van der Waals surface area contributed by atoms with E-state index in [4.69, 9.17) is 0 Å². The van der Waals surface area contributed by atoms with Crippen LogP contribution in [0.2, 0.25) is 0 Å². The highest BCUT2D eigenvalue weighted by Gasteiger charge is 1.92. The van der Waals surface area contributed by atoms with E-state index in [2.05, 4.69) is 22.6 Å². The maximum Gasteiger partial charge on any atom is 0.193 e. The highest BCUT2D eigenvalue weighted by molar-refractivity contribution is 14.1. The number of halogens is 1. The Morgan fingerprint density at radius 1 is 1.75 bits per heavy atom. The van der Waals surface area contributed by atoms with E-state index in [1.54, 1.807) is 11.3 Å². The summed E-state index contributed by atoms with van der Waals surface area (Å²) >= 11 is 3.81. The zero-order valence-corrected chi connectivity index (χ0v) is 7.66. The summed E-state index contributed by atoms with van der Waals surface area (Å²) in [7, 11) is 0.126. The molecule has 0 N–H and O–H groups in total. The van der Waals surface area contributed by atoms with Gasteiger partial charge in [0, 0.05) is 5.38 Å². The van der Waals surface area contributed by atoms with Crippen LogP contribution in [-0.4, -0.2) is 0 Å². The third-order valence-electron chi connectivity index (χ3n) is 0.659. The predicted molar refractivity (Wildman–Crippen MR) is 44.3 cm³/mol. The maximum absolute atomic E-state index is 10.1. The van der Waals surface area contributed by atoms with Crippen molar-refractivity contribution >= 4 is 47.7 Å². The van der Waals surface area contributed by atoms with Crippen LogP contribution in [0.1, 0.15) is 0 Å². The van der Waals surface area contributed by atoms with Crippen LogP contribution in [0.4, 0.5) is 0 Å². The predicted octanol–water partition coefficient (Wildman–Crippen LogP) is 2.27. The quantitative estimate of drug-likeness (QED) is 0.556. The zero-order valence-electron chi connectivity index (χ0n) is 3.80. The van der Waals surface area contributed by atoms with Gasteiger partial charge in [0.2, 0.25) is 0 Å². The average molecular weight is 256 g/mol. The van der Waals surface area contributed by atoms with Crippen LogP contribution in [0.5, 0.6) is 0 Å². The minimum Gasteiger partial charge on any atom is -0.269 e. The fraction of sp³-hybridized carbons (Fsp3) is 0. The van der Waals surface area contributed by atoms with E-state index in [0.29, 0.717) is 0 Å². The molecule has 0 aliphatic rings. The molecule has 1 aromatic rings. The molecule has 0 atom stereocenters. The van der Waals surface area contributed by atoms with Crippen molar-refractivity contribution < 1.29 is 4.57 Å². The summed E-state index contributed by atoms with van der Waals surface area (Å²) in [5, 5.41) is 2.76. The molecule has 0 saturated carbocycles. The first-order chi connectivity index (χ1) is 3.83. The summed E-state index contributed by atoms with van der Waals surface area (Å²) in [6.07, 6.45) is 0. The van der Waals surface area contributed by atoms with E-state index in [-0.39, 0.29) is 8.46 Å². The fourth-order valence-electron chi connectivity index (χ4n) is 0.349. The fourth-order valence-corrected chi connectivity index (χ4v) is 2.41. The first-order valence-corrected chi connectivity index (χ1v) is 4.67. The van der Waals surface area contributed by atoms with Gasteiger partial charge in [-0.15, -0.1) is 11.3 Å². The molecule has 0 aliphatic heterocycles. The molecule has 42 valence electrons. The molecule has 1 nitrogen and oxygen atoms in total. The average Bonchev–Trinajstić information content (AvgIpc) is 2.14. The lowest BCUT2D eigenvalue weighted by Gasteiger charge is -1.67. The van der Waals surface area contributed by atoms with Crippen LogP contribution in [-0.2, 0) is 4.57 Å². The molecule has 0 fully saturated rings. The highest BCUT2D eigenvalue weighted by Crippen LogP contribution is 2.12. The summed E-state index contributed by atoms with van der Waals surface area (Å²) in [5.41, 5.74) is 0. The summed E-state index contributed by atoms with van der Waals surface area (Å²) < 4.78 is 11.3. The van der Waals surface area contributed by atoms with Gasteiger partial charge in [-0.05, 0) is 28.7 Å². The summed E-state index contributed by atoms with van der Waals surface area (Å²) in [6.45, 7) is 0. The van der Waals surface area contributed by atoms with Crippen molar-refractivity contribution in [1.82, 2.24) is 0 Å². The van der Waals surface area contributed by atoms with Crippen molar-refractivity contribution in [2.45, 2.75) is 0 Å². The monoisotopic (exact) mass is 256 g/mol. The summed E-state index contributed by atoms with van der Waals surface area (Å²) in [6, 6.07) is 1.90. The Bertz CT molecular complexity index is 198. The lowest BCUT2D eigenvalue weighted by atomic mass is 10.7. The van der Waals surface area contributed by atoms with Crippen molar-refractivity contribution in [2.24, 2.45) is 0 Å². The summed E-state index contributed by atoms with van der Waals surface area (Å²) in [5.74, 6) is 0. The Kier molecular flexibility index (Phi) is 2.41. The SMILES string of the molecule is O=Pc1csc(I)c1. The Morgan fingerprint density at radius 2 is 2.50 bits per heavy atom. The second-order valence-corrected chi connectivity index (χ2v) is 4.70. The Morgan fingerprint density at radius 3 is 2.75 bits per heavy atom. The number of hydrogen-bond donors (Lipinski definition) is 0. The van der Waals surface area contributed by atoms with Crippen molar-refractivity contribution in [1.29, 1.82) is 0 Å². The number of hydrogen-bond acceptors (Lipinski definition) is 2. The third-order valence-corrected chi connectivity index (χ3v) is 3.09. The van der Waals surface area contributed by atoms with Gasteiger partial charge >= 0.3 is 0 Å². The second-order valence-electron chi connectivity index (χ2n) is 1.20. The maximum atomic E-state index is 10.1. The smallest absolute Gasteiger partial charge is 0.193 e. The molecule has 1 heterocycles. The van der Waals surface area contributed by atoms with Gasteiger partial charge in [-0.1, -0.05) is 0 Å². The molecular formula is C4H2IOPS. The van der Waals surface area contributed by atoms with Crippen molar-refractivity contribution in [3.63, 3.8) is 0 Å². The molecule has 0 radical (unpaired) electrons. The molecule has 4 heteroatoms. The van der Waals surface area contributed by atoms with Gasteiger partial charge in [0.15, 0.2) is 8.46 Å². The van der Waals surface area contributed by atoms with Crippen molar-refractivity contribution in [3.05, 3.63) is 14.3 Å². The van der Waals surface area contributed by atoms with Crippen LogP contribution in [0.25, 0.3) is 0 Å². The van der Waals surface area contributed by atoms with Gasteiger partial charge in [0.05, 0.1) is 8.19 Å². The Balaban J connectivity index is 3.00. The normalized spacial score (nSPS) is 10.1. The molecule has 0 unspecified atom stereocenters. The van der Waals surface area contributed by atoms with Crippen LogP contribution in [0.15, 0.2) is 11.4 Å². The third kappa shape index (κ3) is 1.50. The molecule has 0 aliphatic carbocycles. The standard InChI is InChI=1S/C4H2IOPS/c5-4-1-3(7-6)2-8-4/h1-2H. The van der Waals surface area contributed by atoms with Gasteiger partial charge in [0.25, 0.3) is 0 Å². The minimum absolute atomic E-state index is 0.126. The largest absolute Gasteiger partial charge is 0.269 e. The molecule has 8 heavy (non-hydrogen) atoms. The molecular weight excluding hydrogens is 254 g/mol. The van der Waals surface area contributed by atoms with E-state index >= 15 is 0 Å². The zero-order chi connectivity index (χ0) is 5.98.